The second-order valence-corrected chi connectivity index (χ2v) is 6.41. The Bertz CT molecular complexity index is 386. The van der Waals surface area contributed by atoms with Gasteiger partial charge in [-0.15, -0.1) is 0 Å². The van der Waals surface area contributed by atoms with Crippen LogP contribution in [0.1, 0.15) is 38.9 Å². The van der Waals surface area contributed by atoms with Crippen molar-refractivity contribution in [1.82, 2.24) is 19.8 Å². The number of aryl methyl sites for hydroxylation is 1. The second-order valence-electron chi connectivity index (χ2n) is 6.41. The largest absolute Gasteiger partial charge is 0.334 e. The van der Waals surface area contributed by atoms with E-state index in [1.54, 1.807) is 0 Å². The Labute approximate surface area is 123 Å². The van der Waals surface area contributed by atoms with Gasteiger partial charge in [0.2, 0.25) is 0 Å². The third kappa shape index (κ3) is 4.60. The van der Waals surface area contributed by atoms with Crippen LogP contribution in [-0.4, -0.2) is 46.7 Å². The van der Waals surface area contributed by atoms with Crippen LogP contribution < -0.4 is 5.32 Å². The third-order valence-corrected chi connectivity index (χ3v) is 4.23. The highest BCUT2D eigenvalue weighted by Crippen LogP contribution is 2.16. The van der Waals surface area contributed by atoms with Crippen molar-refractivity contribution in [3.63, 3.8) is 0 Å². The van der Waals surface area contributed by atoms with Gasteiger partial charge in [0.15, 0.2) is 0 Å². The lowest BCUT2D eigenvalue weighted by Gasteiger charge is -2.36. The lowest BCUT2D eigenvalue weighted by molar-refractivity contribution is 0.139. The summed E-state index contributed by atoms with van der Waals surface area (Å²) in [6.07, 6.45) is 8.06. The van der Waals surface area contributed by atoms with Crippen LogP contribution in [0, 0.1) is 12.8 Å². The summed E-state index contributed by atoms with van der Waals surface area (Å²) >= 11 is 0. The molecule has 0 bridgehead atoms. The molecule has 1 fully saturated rings. The molecule has 0 radical (unpaired) electrons. The average Bonchev–Trinajstić information content (AvgIpc) is 2.83. The monoisotopic (exact) mass is 278 g/mol. The average molecular weight is 278 g/mol. The molecule has 1 atom stereocenters. The molecule has 4 heteroatoms. The number of hydrogen-bond acceptors (Lipinski definition) is 3. The summed E-state index contributed by atoms with van der Waals surface area (Å²) in [6, 6.07) is 0.714. The zero-order valence-corrected chi connectivity index (χ0v) is 13.3. The highest BCUT2D eigenvalue weighted by atomic mass is 15.2. The summed E-state index contributed by atoms with van der Waals surface area (Å²) in [5.74, 6) is 1.86. The summed E-state index contributed by atoms with van der Waals surface area (Å²) in [5.41, 5.74) is 0. The molecule has 1 aromatic heterocycles. The van der Waals surface area contributed by atoms with Crippen LogP contribution in [0.3, 0.4) is 0 Å². The Balaban J connectivity index is 1.79. The van der Waals surface area contributed by atoms with E-state index in [1.807, 2.05) is 6.20 Å². The first-order valence-corrected chi connectivity index (χ1v) is 8.09. The summed E-state index contributed by atoms with van der Waals surface area (Å²) in [4.78, 5) is 6.96. The summed E-state index contributed by atoms with van der Waals surface area (Å²) in [6.45, 7) is 12.4. The van der Waals surface area contributed by atoms with Crippen LogP contribution in [0.4, 0.5) is 0 Å². The molecule has 2 rings (SSSR count). The maximum absolute atomic E-state index is 4.30. The van der Waals surface area contributed by atoms with E-state index in [4.69, 9.17) is 0 Å². The highest BCUT2D eigenvalue weighted by molar-refractivity contribution is 4.89. The molecule has 1 N–H and O–H groups in total. The number of nitrogens with zero attached hydrogens (tertiary/aromatic N) is 3. The van der Waals surface area contributed by atoms with Crippen LogP contribution in [0.5, 0.6) is 0 Å². The highest BCUT2D eigenvalue weighted by Gasteiger charge is 2.21. The van der Waals surface area contributed by atoms with Gasteiger partial charge in [0.05, 0.1) is 0 Å². The first kappa shape index (κ1) is 15.5. The van der Waals surface area contributed by atoms with Gasteiger partial charge in [0, 0.05) is 38.1 Å². The smallest absolute Gasteiger partial charge is 0.105 e. The van der Waals surface area contributed by atoms with E-state index in [0.29, 0.717) is 6.04 Å². The van der Waals surface area contributed by atoms with Crippen molar-refractivity contribution in [2.45, 2.75) is 52.6 Å². The Morgan fingerprint density at radius 2 is 2.20 bits per heavy atom. The molecule has 0 aliphatic carbocycles. The molecule has 1 aromatic rings. The fourth-order valence-corrected chi connectivity index (χ4v) is 3.00. The molecule has 0 spiro atoms. The van der Waals surface area contributed by atoms with E-state index < -0.39 is 0 Å². The molecule has 1 aliphatic heterocycles. The zero-order valence-electron chi connectivity index (χ0n) is 13.3. The van der Waals surface area contributed by atoms with Crippen molar-refractivity contribution in [3.05, 3.63) is 18.2 Å². The van der Waals surface area contributed by atoms with Gasteiger partial charge in [-0.25, -0.2) is 4.98 Å². The number of nitrogens with one attached hydrogen (secondary N) is 1. The maximum atomic E-state index is 4.30. The molecule has 1 saturated heterocycles. The fourth-order valence-electron chi connectivity index (χ4n) is 3.00. The lowest BCUT2D eigenvalue weighted by atomic mass is 10.0. The minimum Gasteiger partial charge on any atom is -0.334 e. The zero-order chi connectivity index (χ0) is 14.4. The number of imidazole rings is 1. The van der Waals surface area contributed by atoms with E-state index in [-0.39, 0.29) is 0 Å². The molecule has 4 nitrogen and oxygen atoms in total. The molecule has 20 heavy (non-hydrogen) atoms. The molecule has 114 valence electrons. The fraction of sp³-hybridized carbons (Fsp3) is 0.812. The van der Waals surface area contributed by atoms with Crippen LogP contribution >= 0.6 is 0 Å². The van der Waals surface area contributed by atoms with Crippen LogP contribution in [0.25, 0.3) is 0 Å². The standard InChI is InChI=1S/C16H30N4/c1-14(2)12-17-13-16-6-4-5-8-20(16)11-10-19-9-7-18-15(19)3/h7,9,14,16-17H,4-6,8,10-13H2,1-3H3. The summed E-state index contributed by atoms with van der Waals surface area (Å²) < 4.78 is 2.26. The van der Waals surface area contributed by atoms with Crippen molar-refractivity contribution in [3.8, 4) is 0 Å². The third-order valence-electron chi connectivity index (χ3n) is 4.23. The van der Waals surface area contributed by atoms with Crippen LogP contribution in [-0.2, 0) is 6.54 Å². The maximum Gasteiger partial charge on any atom is 0.105 e. The van der Waals surface area contributed by atoms with Crippen molar-refractivity contribution in [1.29, 1.82) is 0 Å². The van der Waals surface area contributed by atoms with Gasteiger partial charge in [-0.1, -0.05) is 20.3 Å². The number of piperidine rings is 1. The molecule has 0 amide bonds. The number of likely N-dealkylation sites (tertiary alicyclic amines) is 1. The topological polar surface area (TPSA) is 33.1 Å². The number of aromatic nitrogens is 2. The summed E-state index contributed by atoms with van der Waals surface area (Å²) in [7, 11) is 0. The molecule has 0 aromatic carbocycles. The van der Waals surface area contributed by atoms with E-state index >= 15 is 0 Å². The van der Waals surface area contributed by atoms with E-state index in [0.717, 1.165) is 37.9 Å². The van der Waals surface area contributed by atoms with Gasteiger partial charge in [-0.3, -0.25) is 4.90 Å². The van der Waals surface area contributed by atoms with Crippen molar-refractivity contribution in [2.75, 3.05) is 26.2 Å². The van der Waals surface area contributed by atoms with Gasteiger partial charge >= 0.3 is 0 Å². The minimum absolute atomic E-state index is 0.714. The van der Waals surface area contributed by atoms with Crippen LogP contribution in [0.2, 0.25) is 0 Å². The predicted molar refractivity (Wildman–Crippen MR) is 83.9 cm³/mol. The first-order chi connectivity index (χ1) is 9.66. The Morgan fingerprint density at radius 1 is 1.35 bits per heavy atom. The predicted octanol–water partition coefficient (Wildman–Crippen LogP) is 2.29. The Morgan fingerprint density at radius 3 is 2.90 bits per heavy atom. The Hall–Kier alpha value is -0.870. The lowest BCUT2D eigenvalue weighted by Crippen LogP contribution is -2.47. The molecular formula is C16H30N4. The number of rotatable bonds is 7. The van der Waals surface area contributed by atoms with Gasteiger partial charge in [0.1, 0.15) is 5.82 Å². The van der Waals surface area contributed by atoms with Gasteiger partial charge < -0.3 is 9.88 Å². The molecule has 1 unspecified atom stereocenters. The van der Waals surface area contributed by atoms with Crippen molar-refractivity contribution < 1.29 is 0 Å². The van der Waals surface area contributed by atoms with Crippen molar-refractivity contribution in [2.24, 2.45) is 5.92 Å². The van der Waals surface area contributed by atoms with E-state index in [1.165, 1.54) is 25.8 Å². The summed E-state index contributed by atoms with van der Waals surface area (Å²) in [5, 5.41) is 3.63. The van der Waals surface area contributed by atoms with Gasteiger partial charge in [-0.2, -0.15) is 0 Å². The SMILES string of the molecule is Cc1nccn1CCN1CCCCC1CNCC(C)C. The molecule has 0 saturated carbocycles. The number of hydrogen-bond donors (Lipinski definition) is 1. The van der Waals surface area contributed by atoms with E-state index in [2.05, 4.69) is 46.7 Å². The van der Waals surface area contributed by atoms with Crippen LogP contribution in [0.15, 0.2) is 12.4 Å². The molecule has 2 heterocycles. The van der Waals surface area contributed by atoms with Crippen molar-refractivity contribution >= 4 is 0 Å². The molecular weight excluding hydrogens is 248 g/mol. The van der Waals surface area contributed by atoms with Gasteiger partial charge in [0.25, 0.3) is 0 Å². The Kier molecular flexibility index (Phi) is 6.05. The minimum atomic E-state index is 0.714. The normalized spacial score (nSPS) is 20.7. The molecule has 1 aliphatic rings. The first-order valence-electron chi connectivity index (χ1n) is 8.09. The second kappa shape index (κ2) is 7.79. The van der Waals surface area contributed by atoms with Gasteiger partial charge in [-0.05, 0) is 38.8 Å². The quantitative estimate of drug-likeness (QED) is 0.831. The van der Waals surface area contributed by atoms with E-state index in [9.17, 15) is 0 Å².